The number of urea groups is 1. The van der Waals surface area contributed by atoms with E-state index < -0.39 is 0 Å². The van der Waals surface area contributed by atoms with E-state index in [9.17, 15) is 4.79 Å². The van der Waals surface area contributed by atoms with Crippen LogP contribution in [0.15, 0.2) is 78.9 Å². The fourth-order valence-electron chi connectivity index (χ4n) is 3.16. The third-order valence-electron chi connectivity index (χ3n) is 4.71. The lowest BCUT2D eigenvalue weighted by Gasteiger charge is -2.12. The van der Waals surface area contributed by atoms with E-state index in [0.717, 1.165) is 36.3 Å². The molecule has 3 aromatic carbocycles. The maximum atomic E-state index is 11.7. The Morgan fingerprint density at radius 1 is 0.833 bits per heavy atom. The molecule has 0 heterocycles. The Morgan fingerprint density at radius 3 is 2.33 bits per heavy atom. The van der Waals surface area contributed by atoms with E-state index in [4.69, 9.17) is 16.3 Å². The summed E-state index contributed by atoms with van der Waals surface area (Å²) in [5.41, 5.74) is 4.40. The molecule has 2 amide bonds. The quantitative estimate of drug-likeness (QED) is 0.405. The van der Waals surface area contributed by atoms with Crippen LogP contribution in [-0.2, 0) is 19.4 Å². The van der Waals surface area contributed by atoms with Crippen LogP contribution in [0.4, 0.5) is 10.5 Å². The van der Waals surface area contributed by atoms with Crippen molar-refractivity contribution < 1.29 is 9.53 Å². The number of para-hydroxylation sites is 1. The van der Waals surface area contributed by atoms with Gasteiger partial charge in [-0.1, -0.05) is 60.7 Å². The van der Waals surface area contributed by atoms with Crippen LogP contribution in [0.5, 0.6) is 5.75 Å². The van der Waals surface area contributed by atoms with Crippen molar-refractivity contribution in [2.24, 2.45) is 0 Å². The average molecular weight is 423 g/mol. The van der Waals surface area contributed by atoms with Crippen molar-refractivity contribution in [3.8, 4) is 5.75 Å². The molecule has 0 fully saturated rings. The summed E-state index contributed by atoms with van der Waals surface area (Å²) in [7, 11) is 0. The van der Waals surface area contributed by atoms with Gasteiger partial charge in [-0.15, -0.1) is 11.6 Å². The zero-order chi connectivity index (χ0) is 21.0. The molecule has 4 nitrogen and oxygen atoms in total. The number of anilines is 1. The van der Waals surface area contributed by atoms with Crippen LogP contribution in [0, 0.1) is 0 Å². The third kappa shape index (κ3) is 7.12. The molecule has 0 atom stereocenters. The molecule has 0 aliphatic carbocycles. The Kier molecular flexibility index (Phi) is 8.61. The van der Waals surface area contributed by atoms with E-state index >= 15 is 0 Å². The molecule has 0 aliphatic heterocycles. The average Bonchev–Trinajstić information content (AvgIpc) is 2.79. The first-order valence-corrected chi connectivity index (χ1v) is 10.7. The molecule has 3 rings (SSSR count). The number of hydrogen-bond donors (Lipinski definition) is 2. The molecule has 0 spiro atoms. The van der Waals surface area contributed by atoms with Gasteiger partial charge in [-0.2, -0.15) is 0 Å². The van der Waals surface area contributed by atoms with E-state index in [-0.39, 0.29) is 6.03 Å². The van der Waals surface area contributed by atoms with Crippen LogP contribution >= 0.6 is 11.6 Å². The van der Waals surface area contributed by atoms with E-state index in [1.54, 1.807) is 0 Å². The van der Waals surface area contributed by atoms with Crippen LogP contribution in [0.2, 0.25) is 0 Å². The van der Waals surface area contributed by atoms with E-state index in [1.165, 1.54) is 11.1 Å². The lowest BCUT2D eigenvalue weighted by Crippen LogP contribution is -2.30. The molecule has 0 aromatic heterocycles. The van der Waals surface area contributed by atoms with Crippen LogP contribution in [0.1, 0.15) is 23.1 Å². The summed E-state index contributed by atoms with van der Waals surface area (Å²) in [6.07, 6.45) is 2.94. The predicted molar refractivity (Wildman–Crippen MR) is 123 cm³/mol. The molecule has 3 aromatic rings. The molecule has 5 heteroatoms. The SMILES string of the molecule is O=C(NCCCl)Nc1ccc(CCCc2ccccc2OCc2ccccc2)cc1. The minimum Gasteiger partial charge on any atom is -0.489 e. The van der Waals surface area contributed by atoms with Gasteiger partial charge >= 0.3 is 6.03 Å². The molecular formula is C25H27ClN2O2. The van der Waals surface area contributed by atoms with Gasteiger partial charge in [-0.05, 0) is 54.2 Å². The number of benzene rings is 3. The zero-order valence-electron chi connectivity index (χ0n) is 16.9. The molecule has 2 N–H and O–H groups in total. The van der Waals surface area contributed by atoms with Crippen molar-refractivity contribution in [3.05, 3.63) is 95.6 Å². The predicted octanol–water partition coefficient (Wildman–Crippen LogP) is 5.80. The highest BCUT2D eigenvalue weighted by molar-refractivity contribution is 6.18. The third-order valence-corrected chi connectivity index (χ3v) is 4.90. The minimum absolute atomic E-state index is 0.240. The number of carbonyl (C=O) groups excluding carboxylic acids is 1. The summed E-state index contributed by atoms with van der Waals surface area (Å²) >= 11 is 5.57. The summed E-state index contributed by atoms with van der Waals surface area (Å²) in [5, 5.41) is 5.48. The number of halogens is 1. The lowest BCUT2D eigenvalue weighted by atomic mass is 10.0. The highest BCUT2D eigenvalue weighted by Crippen LogP contribution is 2.22. The summed E-state index contributed by atoms with van der Waals surface area (Å²) in [6, 6.07) is 26.1. The number of alkyl halides is 1. The number of hydrogen-bond acceptors (Lipinski definition) is 2. The van der Waals surface area contributed by atoms with Gasteiger partial charge in [0, 0.05) is 18.1 Å². The molecular weight excluding hydrogens is 396 g/mol. The Balaban J connectivity index is 1.47. The fourth-order valence-corrected chi connectivity index (χ4v) is 3.25. The number of amides is 2. The summed E-state index contributed by atoms with van der Waals surface area (Å²) < 4.78 is 6.05. The maximum absolute atomic E-state index is 11.7. The van der Waals surface area contributed by atoms with Crippen molar-refractivity contribution in [2.45, 2.75) is 25.9 Å². The van der Waals surface area contributed by atoms with E-state index in [1.807, 2.05) is 42.5 Å². The van der Waals surface area contributed by atoms with Gasteiger partial charge in [-0.3, -0.25) is 0 Å². The second-order valence-corrected chi connectivity index (χ2v) is 7.38. The Morgan fingerprint density at radius 2 is 1.57 bits per heavy atom. The van der Waals surface area contributed by atoms with Crippen LogP contribution in [-0.4, -0.2) is 18.5 Å². The minimum atomic E-state index is -0.240. The number of nitrogens with one attached hydrogen (secondary N) is 2. The molecule has 30 heavy (non-hydrogen) atoms. The second-order valence-electron chi connectivity index (χ2n) is 7.00. The van der Waals surface area contributed by atoms with Gasteiger partial charge in [0.2, 0.25) is 0 Å². The number of carbonyl (C=O) groups is 1. The topological polar surface area (TPSA) is 50.4 Å². The van der Waals surface area contributed by atoms with Gasteiger partial charge in [0.15, 0.2) is 0 Å². The smallest absolute Gasteiger partial charge is 0.319 e. The fraction of sp³-hybridized carbons (Fsp3) is 0.240. The lowest BCUT2D eigenvalue weighted by molar-refractivity contribution is 0.252. The summed E-state index contributed by atoms with van der Waals surface area (Å²) in [5.74, 6) is 1.34. The van der Waals surface area contributed by atoms with Gasteiger partial charge in [0.25, 0.3) is 0 Å². The second kappa shape index (κ2) is 11.9. The monoisotopic (exact) mass is 422 g/mol. The number of ether oxygens (including phenoxy) is 1. The molecule has 156 valence electrons. The highest BCUT2D eigenvalue weighted by Gasteiger charge is 2.05. The van der Waals surface area contributed by atoms with Gasteiger partial charge in [0.1, 0.15) is 12.4 Å². The first-order chi connectivity index (χ1) is 14.7. The summed E-state index contributed by atoms with van der Waals surface area (Å²) in [6.45, 7) is 1.02. The van der Waals surface area contributed by atoms with E-state index in [0.29, 0.717) is 19.0 Å². The Labute approximate surface area is 183 Å². The van der Waals surface area contributed by atoms with Gasteiger partial charge < -0.3 is 15.4 Å². The molecule has 0 saturated heterocycles. The van der Waals surface area contributed by atoms with Gasteiger partial charge in [-0.25, -0.2) is 4.79 Å². The van der Waals surface area contributed by atoms with Crippen LogP contribution in [0.3, 0.4) is 0 Å². The summed E-state index contributed by atoms with van der Waals surface area (Å²) in [4.78, 5) is 11.7. The molecule has 0 aliphatic rings. The van der Waals surface area contributed by atoms with Crippen molar-refractivity contribution in [3.63, 3.8) is 0 Å². The Hall–Kier alpha value is -2.98. The normalized spacial score (nSPS) is 10.4. The molecule has 0 bridgehead atoms. The van der Waals surface area contributed by atoms with Crippen molar-refractivity contribution in [1.29, 1.82) is 0 Å². The zero-order valence-corrected chi connectivity index (χ0v) is 17.7. The molecule has 0 radical (unpaired) electrons. The molecule has 0 saturated carbocycles. The Bertz CT molecular complexity index is 914. The standard InChI is InChI=1S/C25H27ClN2O2/c26-17-18-27-25(29)28-23-15-13-20(14-16-23)9-6-11-22-10-4-5-12-24(22)30-19-21-7-2-1-3-8-21/h1-5,7-8,10,12-16H,6,9,11,17-19H2,(H2,27,28,29). The first-order valence-electron chi connectivity index (χ1n) is 10.2. The largest absolute Gasteiger partial charge is 0.489 e. The van der Waals surface area contributed by atoms with Crippen LogP contribution < -0.4 is 15.4 Å². The number of aryl methyl sites for hydroxylation is 2. The maximum Gasteiger partial charge on any atom is 0.319 e. The first kappa shape index (κ1) is 21.7. The van der Waals surface area contributed by atoms with Crippen molar-refractivity contribution >= 4 is 23.3 Å². The van der Waals surface area contributed by atoms with Crippen molar-refractivity contribution in [1.82, 2.24) is 5.32 Å². The van der Waals surface area contributed by atoms with Gasteiger partial charge in [0.05, 0.1) is 0 Å². The highest BCUT2D eigenvalue weighted by atomic mass is 35.5. The van der Waals surface area contributed by atoms with E-state index in [2.05, 4.69) is 47.0 Å². The molecule has 0 unspecified atom stereocenters. The van der Waals surface area contributed by atoms with Crippen molar-refractivity contribution in [2.75, 3.05) is 17.7 Å². The number of rotatable bonds is 10. The van der Waals surface area contributed by atoms with Crippen LogP contribution in [0.25, 0.3) is 0 Å².